The van der Waals surface area contributed by atoms with E-state index < -0.39 is 23.5 Å². The van der Waals surface area contributed by atoms with Gasteiger partial charge >= 0.3 is 0 Å². The Labute approximate surface area is 296 Å². The van der Waals surface area contributed by atoms with E-state index in [1.165, 1.54) is 0 Å². The fourth-order valence-electron chi connectivity index (χ4n) is 7.24. The van der Waals surface area contributed by atoms with Crippen LogP contribution < -0.4 is 20.7 Å². The molecule has 2 aromatic carbocycles. The molecule has 12 heteroatoms. The number of hydrogen-bond acceptors (Lipinski definition) is 8. The molecular formula is C38H54N8O4. The maximum absolute atomic E-state index is 14.3. The van der Waals surface area contributed by atoms with Crippen LogP contribution >= 0.6 is 0 Å². The highest BCUT2D eigenvalue weighted by Crippen LogP contribution is 2.39. The molecule has 0 aliphatic carbocycles. The first-order chi connectivity index (χ1) is 24.2. The van der Waals surface area contributed by atoms with Crippen LogP contribution in [0.25, 0.3) is 0 Å². The third-order valence-corrected chi connectivity index (χ3v) is 10.4. The monoisotopic (exact) mass is 686 g/mol. The lowest BCUT2D eigenvalue weighted by Gasteiger charge is -2.44. The van der Waals surface area contributed by atoms with E-state index in [1.54, 1.807) is 24.5 Å². The van der Waals surface area contributed by atoms with Crippen molar-refractivity contribution < 1.29 is 19.1 Å². The number of imidazole rings is 1. The topological polar surface area (TPSA) is 129 Å². The summed E-state index contributed by atoms with van der Waals surface area (Å²) in [4.78, 5) is 54.5. The van der Waals surface area contributed by atoms with Crippen molar-refractivity contribution in [2.45, 2.75) is 70.0 Å². The predicted molar refractivity (Wildman–Crippen MR) is 195 cm³/mol. The molecule has 3 heterocycles. The zero-order chi connectivity index (χ0) is 35.7. The van der Waals surface area contributed by atoms with E-state index in [9.17, 15) is 14.4 Å². The van der Waals surface area contributed by atoms with Gasteiger partial charge in [0.15, 0.2) is 0 Å². The lowest BCUT2D eigenvalue weighted by molar-refractivity contribution is -0.141. The number of piperidine rings is 1. The Bertz CT molecular complexity index is 1550. The van der Waals surface area contributed by atoms with E-state index in [1.807, 2.05) is 59.0 Å². The van der Waals surface area contributed by atoms with Crippen molar-refractivity contribution in [1.82, 2.24) is 29.6 Å². The Kier molecular flexibility index (Phi) is 12.5. The van der Waals surface area contributed by atoms with E-state index >= 15 is 0 Å². The highest BCUT2D eigenvalue weighted by molar-refractivity contribution is 5.94. The normalized spacial score (nSPS) is 17.0. The number of methoxy groups -OCH3 is 1. The average molecular weight is 687 g/mol. The summed E-state index contributed by atoms with van der Waals surface area (Å²) in [7, 11) is 3.46. The van der Waals surface area contributed by atoms with Gasteiger partial charge in [0.1, 0.15) is 17.3 Å². The number of carbonyl (C=O) groups excluding carboxylic acids is 3. The molecule has 270 valence electrons. The number of likely N-dealkylation sites (tertiary alicyclic amines) is 1. The molecule has 2 aliphatic rings. The number of carbonyl (C=O) groups is 3. The maximum atomic E-state index is 14.3. The van der Waals surface area contributed by atoms with Crippen molar-refractivity contribution >= 4 is 23.4 Å². The number of ether oxygens (including phenoxy) is 1. The molecule has 3 N–H and O–H groups in total. The third-order valence-electron chi connectivity index (χ3n) is 10.4. The lowest BCUT2D eigenvalue weighted by Crippen LogP contribution is -2.60. The highest BCUT2D eigenvalue weighted by atomic mass is 16.5. The zero-order valence-corrected chi connectivity index (χ0v) is 30.1. The van der Waals surface area contributed by atoms with Crippen LogP contribution in [0.4, 0.5) is 5.69 Å². The van der Waals surface area contributed by atoms with Gasteiger partial charge in [0.25, 0.3) is 0 Å². The van der Waals surface area contributed by atoms with Crippen LogP contribution in [0.5, 0.6) is 5.75 Å². The van der Waals surface area contributed by atoms with E-state index in [4.69, 9.17) is 10.5 Å². The predicted octanol–water partition coefficient (Wildman–Crippen LogP) is 2.82. The van der Waals surface area contributed by atoms with Crippen LogP contribution in [0, 0.1) is 0 Å². The fourth-order valence-corrected chi connectivity index (χ4v) is 7.24. The Hall–Kier alpha value is -4.42. The fraction of sp³-hybridized carbons (Fsp3) is 0.526. The van der Waals surface area contributed by atoms with Crippen molar-refractivity contribution in [3.63, 3.8) is 0 Å². The molecule has 0 bridgehead atoms. The number of rotatable bonds is 16. The Morgan fingerprint density at radius 1 is 1.02 bits per heavy atom. The maximum Gasteiger partial charge on any atom is 0.250 e. The second kappa shape index (κ2) is 17.0. The number of anilines is 1. The molecule has 1 spiro atoms. The number of unbranched alkanes of at least 4 members (excludes halogenated alkanes) is 1. The summed E-state index contributed by atoms with van der Waals surface area (Å²) in [5.74, 6) is 0.272. The van der Waals surface area contributed by atoms with E-state index in [-0.39, 0.29) is 11.8 Å². The number of aromatic nitrogens is 2. The average Bonchev–Trinajstić information content (AvgIpc) is 3.67. The second-order valence-corrected chi connectivity index (χ2v) is 13.5. The molecule has 1 aromatic heterocycles. The van der Waals surface area contributed by atoms with Gasteiger partial charge in [0.2, 0.25) is 17.7 Å². The zero-order valence-electron chi connectivity index (χ0n) is 30.1. The number of nitrogens with one attached hydrogen (secondary N) is 1. The van der Waals surface area contributed by atoms with Crippen LogP contribution in [-0.4, -0.2) is 113 Å². The molecule has 3 aromatic rings. The molecule has 2 fully saturated rings. The molecule has 2 aliphatic heterocycles. The molecule has 5 rings (SSSR count). The summed E-state index contributed by atoms with van der Waals surface area (Å²) >= 11 is 0. The Morgan fingerprint density at radius 3 is 2.34 bits per heavy atom. The number of nitrogens with two attached hydrogens (primary N) is 1. The molecule has 0 unspecified atom stereocenters. The lowest BCUT2D eigenvalue weighted by atomic mass is 9.85. The quantitative estimate of drug-likeness (QED) is 0.220. The standard InChI is InChI=1S/C38H54N8O4/c1-5-43(6-2)20-10-11-21-45-28-46(30-12-8-7-9-13-30)38(37(45)49)18-22-44(23-19-38)36(48)34(24-29-14-16-32(50-4)17-15-29)41-35(47)33(39)25-31-26-40-27-42(31)3/h7-9,12-17,26-27,33-34H,5-6,10-11,18-25,28,39H2,1-4H3,(H,41,47)/t33-,34+/m0/s1. The Balaban J connectivity index is 1.30. The number of nitrogens with zero attached hydrogens (tertiary/aromatic N) is 6. The van der Waals surface area contributed by atoms with E-state index in [2.05, 4.69) is 46.1 Å². The van der Waals surface area contributed by atoms with Gasteiger partial charge in [-0.2, -0.15) is 0 Å². The van der Waals surface area contributed by atoms with Gasteiger partial charge in [-0.05, 0) is 75.1 Å². The van der Waals surface area contributed by atoms with Gasteiger partial charge in [-0.3, -0.25) is 14.4 Å². The largest absolute Gasteiger partial charge is 0.497 e. The first-order valence-electron chi connectivity index (χ1n) is 18.0. The number of aryl methyl sites for hydroxylation is 1. The molecule has 50 heavy (non-hydrogen) atoms. The second-order valence-electron chi connectivity index (χ2n) is 13.5. The minimum absolute atomic E-state index is 0.139. The van der Waals surface area contributed by atoms with Crippen molar-refractivity contribution in [3.05, 3.63) is 78.4 Å². The molecule has 0 saturated carbocycles. The first-order valence-corrected chi connectivity index (χ1v) is 18.0. The van der Waals surface area contributed by atoms with Crippen molar-refractivity contribution in [2.24, 2.45) is 12.8 Å². The van der Waals surface area contributed by atoms with Crippen LogP contribution in [0.3, 0.4) is 0 Å². The van der Waals surface area contributed by atoms with Gasteiger partial charge in [0.05, 0.1) is 26.1 Å². The SMILES string of the molecule is CCN(CC)CCCCN1CN(c2ccccc2)C2(CCN(C(=O)[C@@H](Cc3ccc(OC)cc3)NC(=O)[C@@H](N)Cc3cncn3C)CC2)C1=O. The van der Waals surface area contributed by atoms with E-state index in [0.717, 1.165) is 49.4 Å². The van der Waals surface area contributed by atoms with Crippen molar-refractivity contribution in [2.75, 3.05) is 57.9 Å². The summed E-state index contributed by atoms with van der Waals surface area (Å²) in [6.07, 6.45) is 6.94. The van der Waals surface area contributed by atoms with Crippen molar-refractivity contribution in [3.8, 4) is 5.75 Å². The molecular weight excluding hydrogens is 632 g/mol. The first kappa shape index (κ1) is 36.9. The van der Waals surface area contributed by atoms with Crippen molar-refractivity contribution in [1.29, 1.82) is 0 Å². The van der Waals surface area contributed by atoms with Gasteiger partial charge in [-0.1, -0.05) is 44.2 Å². The molecule has 12 nitrogen and oxygen atoms in total. The molecule has 0 radical (unpaired) electrons. The van der Waals surface area contributed by atoms with Crippen LogP contribution in [0.2, 0.25) is 0 Å². The number of amides is 3. The summed E-state index contributed by atoms with van der Waals surface area (Å²) in [5, 5.41) is 2.97. The smallest absolute Gasteiger partial charge is 0.250 e. The van der Waals surface area contributed by atoms with E-state index in [0.29, 0.717) is 57.7 Å². The summed E-state index contributed by atoms with van der Waals surface area (Å²) in [6, 6.07) is 15.9. The molecule has 2 atom stereocenters. The molecule has 2 saturated heterocycles. The summed E-state index contributed by atoms with van der Waals surface area (Å²) < 4.78 is 7.14. The number of para-hydroxylation sites is 1. The van der Waals surface area contributed by atoms with Gasteiger partial charge in [-0.15, -0.1) is 0 Å². The number of benzene rings is 2. The molecule has 3 amide bonds. The van der Waals surface area contributed by atoms with Crippen LogP contribution in [-0.2, 0) is 34.3 Å². The Morgan fingerprint density at radius 2 is 1.72 bits per heavy atom. The van der Waals surface area contributed by atoms with Gasteiger partial charge in [-0.25, -0.2) is 4.98 Å². The number of hydrogen-bond donors (Lipinski definition) is 2. The van der Waals surface area contributed by atoms with Crippen LogP contribution in [0.1, 0.15) is 50.8 Å². The van der Waals surface area contributed by atoms with Gasteiger partial charge < -0.3 is 40.0 Å². The van der Waals surface area contributed by atoms with Gasteiger partial charge in [0, 0.05) is 57.1 Å². The minimum Gasteiger partial charge on any atom is -0.497 e. The summed E-state index contributed by atoms with van der Waals surface area (Å²) in [6.45, 7) is 9.50. The summed E-state index contributed by atoms with van der Waals surface area (Å²) in [5.41, 5.74) is 8.34. The minimum atomic E-state index is -0.852. The van der Waals surface area contributed by atoms with Crippen LogP contribution in [0.15, 0.2) is 67.1 Å². The highest BCUT2D eigenvalue weighted by Gasteiger charge is 2.54. The third kappa shape index (κ3) is 8.47.